The minimum atomic E-state index is -3.75. The van der Waals surface area contributed by atoms with Crippen LogP contribution >= 0.6 is 14.9 Å². The van der Waals surface area contributed by atoms with Gasteiger partial charge in [0.05, 0.1) is 26.4 Å². The van der Waals surface area contributed by atoms with Crippen molar-refractivity contribution in [2.45, 2.75) is 27.7 Å². The fraction of sp³-hybridized carbons (Fsp3) is 1.00. The highest BCUT2D eigenvalue weighted by atomic mass is 32.1. The van der Waals surface area contributed by atoms with Crippen molar-refractivity contribution in [2.75, 3.05) is 26.4 Å². The van der Waals surface area contributed by atoms with E-state index in [1.54, 1.807) is 27.7 Å². The maximum Gasteiger partial charge on any atom is 0.560 e. The van der Waals surface area contributed by atoms with E-state index in [1.807, 2.05) is 0 Å². The van der Waals surface area contributed by atoms with E-state index in [1.165, 1.54) is 0 Å². The van der Waals surface area contributed by atoms with Crippen molar-refractivity contribution < 1.29 is 27.6 Å². The van der Waals surface area contributed by atoms with Gasteiger partial charge in [-0.2, -0.15) is 13.9 Å². The van der Waals surface area contributed by atoms with Crippen molar-refractivity contribution in [1.82, 2.24) is 0 Å². The van der Waals surface area contributed by atoms with Crippen LogP contribution in [-0.2, 0) is 22.7 Å². The van der Waals surface area contributed by atoms with Crippen molar-refractivity contribution in [3.05, 3.63) is 0 Å². The Morgan fingerprint density at radius 3 is 1.56 bits per heavy atom. The molecule has 0 aliphatic heterocycles. The molecule has 1 N–H and O–H groups in total. The van der Waals surface area contributed by atoms with Gasteiger partial charge in [0.15, 0.2) is 0 Å². The number of rotatable bonds is 9. The second-order valence-corrected chi connectivity index (χ2v) is 8.57. The van der Waals surface area contributed by atoms with E-state index < -0.39 is 14.9 Å². The molecule has 0 atom stereocenters. The summed E-state index contributed by atoms with van der Waals surface area (Å²) in [5.41, 5.74) is 0. The van der Waals surface area contributed by atoms with Crippen molar-refractivity contribution in [3.63, 3.8) is 0 Å². The van der Waals surface area contributed by atoms with Crippen LogP contribution in [0.2, 0.25) is 0 Å². The lowest BCUT2D eigenvalue weighted by Gasteiger charge is -2.21. The Morgan fingerprint density at radius 2 is 1.31 bits per heavy atom. The zero-order valence-electron chi connectivity index (χ0n) is 10.2. The smallest absolute Gasteiger partial charge is 0.274 e. The molecule has 0 bridgehead atoms. The number of hydrogen-bond donors (Lipinski definition) is 1. The molecular formula is C8H21O6P2+. The minimum absolute atomic E-state index is 0.153. The summed E-state index contributed by atoms with van der Waals surface area (Å²) in [5, 5.41) is 0. The molecule has 0 amide bonds. The fourth-order valence-electron chi connectivity index (χ4n) is 1.02. The first kappa shape index (κ1) is 16.5. The van der Waals surface area contributed by atoms with Gasteiger partial charge in [-0.3, -0.25) is 9.05 Å². The lowest BCUT2D eigenvalue weighted by atomic mass is 10.9. The third kappa shape index (κ3) is 4.04. The average molecular weight is 275 g/mol. The Balaban J connectivity index is 4.99. The van der Waals surface area contributed by atoms with Crippen LogP contribution < -0.4 is 0 Å². The van der Waals surface area contributed by atoms with Gasteiger partial charge in [-0.15, -0.1) is 0 Å². The molecule has 8 heteroatoms. The van der Waals surface area contributed by atoms with Crippen molar-refractivity contribution in [2.24, 2.45) is 0 Å². The molecule has 0 unspecified atom stereocenters. The van der Waals surface area contributed by atoms with Crippen LogP contribution in [-0.4, -0.2) is 31.3 Å². The maximum atomic E-state index is 12.3. The van der Waals surface area contributed by atoms with Gasteiger partial charge in [0, 0.05) is 0 Å². The first-order valence-electron chi connectivity index (χ1n) is 5.30. The van der Waals surface area contributed by atoms with Crippen LogP contribution in [0.25, 0.3) is 0 Å². The van der Waals surface area contributed by atoms with E-state index in [-0.39, 0.29) is 26.4 Å². The quantitative estimate of drug-likeness (QED) is 0.652. The molecule has 0 heterocycles. The predicted molar refractivity (Wildman–Crippen MR) is 63.2 cm³/mol. The van der Waals surface area contributed by atoms with Crippen LogP contribution in [0.15, 0.2) is 0 Å². The van der Waals surface area contributed by atoms with Crippen molar-refractivity contribution >= 4 is 14.9 Å². The summed E-state index contributed by atoms with van der Waals surface area (Å²) in [6, 6.07) is 0. The summed E-state index contributed by atoms with van der Waals surface area (Å²) in [5.74, 6) is 0. The monoisotopic (exact) mass is 275 g/mol. The van der Waals surface area contributed by atoms with E-state index in [0.29, 0.717) is 0 Å². The van der Waals surface area contributed by atoms with E-state index in [0.717, 1.165) is 0 Å². The third-order valence-electron chi connectivity index (χ3n) is 1.49. The molecule has 16 heavy (non-hydrogen) atoms. The molecule has 98 valence electrons. The second-order valence-electron chi connectivity index (χ2n) is 2.63. The Labute approximate surface area is 97.2 Å². The molecule has 0 aliphatic rings. The van der Waals surface area contributed by atoms with Gasteiger partial charge in [-0.1, -0.05) is 0 Å². The molecule has 0 aromatic rings. The largest absolute Gasteiger partial charge is 0.560 e. The fourth-order valence-corrected chi connectivity index (χ4v) is 6.18. The number of hydrogen-bond acceptors (Lipinski definition) is 6. The minimum Gasteiger partial charge on any atom is -0.274 e. The molecule has 0 aromatic heterocycles. The molecule has 0 aromatic carbocycles. The highest BCUT2D eigenvalue weighted by molar-refractivity contribution is 8.31. The Kier molecular flexibility index (Phi) is 7.94. The SMILES string of the molecule is CCOP(=O)(OCC)[P+](O)(OCC)OCC. The van der Waals surface area contributed by atoms with Crippen LogP contribution in [0.5, 0.6) is 0 Å². The normalized spacial score (nSPS) is 13.1. The molecule has 6 nitrogen and oxygen atoms in total. The van der Waals surface area contributed by atoms with Gasteiger partial charge >= 0.3 is 14.9 Å². The van der Waals surface area contributed by atoms with Crippen LogP contribution in [0.3, 0.4) is 0 Å². The van der Waals surface area contributed by atoms with Gasteiger partial charge in [0.2, 0.25) is 0 Å². The molecule has 0 saturated carbocycles. The summed E-state index contributed by atoms with van der Waals surface area (Å²) in [6.07, 6.45) is 0. The topological polar surface area (TPSA) is 74.2 Å². The first-order chi connectivity index (χ1) is 7.49. The van der Waals surface area contributed by atoms with Gasteiger partial charge in [0.25, 0.3) is 0 Å². The maximum absolute atomic E-state index is 12.3. The first-order valence-corrected chi connectivity index (χ1v) is 9.12. The predicted octanol–water partition coefficient (Wildman–Crippen LogP) is 3.00. The highest BCUT2D eigenvalue weighted by Crippen LogP contribution is 2.89. The summed E-state index contributed by atoms with van der Waals surface area (Å²) in [4.78, 5) is 10.1. The van der Waals surface area contributed by atoms with Gasteiger partial charge in [-0.25, -0.2) is 4.57 Å². The summed E-state index contributed by atoms with van der Waals surface area (Å²) < 4.78 is 32.5. The molecule has 0 aliphatic carbocycles. The zero-order valence-corrected chi connectivity index (χ0v) is 12.0. The summed E-state index contributed by atoms with van der Waals surface area (Å²) >= 11 is 0. The molecule has 0 spiro atoms. The van der Waals surface area contributed by atoms with Crippen LogP contribution in [0, 0.1) is 0 Å². The summed E-state index contributed by atoms with van der Waals surface area (Å²) in [6.45, 7) is 7.32. The van der Waals surface area contributed by atoms with E-state index in [9.17, 15) is 9.46 Å². The van der Waals surface area contributed by atoms with E-state index in [2.05, 4.69) is 0 Å². The molecular weight excluding hydrogens is 254 g/mol. The Morgan fingerprint density at radius 1 is 0.938 bits per heavy atom. The third-order valence-corrected chi connectivity index (χ3v) is 7.71. The van der Waals surface area contributed by atoms with Crippen LogP contribution in [0.4, 0.5) is 0 Å². The molecule has 0 rings (SSSR count). The lowest BCUT2D eigenvalue weighted by molar-refractivity contribution is 0.172. The van der Waals surface area contributed by atoms with E-state index >= 15 is 0 Å². The lowest BCUT2D eigenvalue weighted by Crippen LogP contribution is -2.08. The Bertz CT molecular complexity index is 219. The summed E-state index contributed by atoms with van der Waals surface area (Å²) in [7, 11) is -7.37. The molecule has 0 saturated heterocycles. The standard InChI is InChI=1S/C8H21O6P2/c1-5-11-15(9,12-6-2)16(10,13-7-3)14-8-4/h9H,5-8H2,1-4H3/q+1. The van der Waals surface area contributed by atoms with Gasteiger partial charge in [0.1, 0.15) is 0 Å². The zero-order chi connectivity index (χ0) is 12.7. The molecule has 0 radical (unpaired) electrons. The average Bonchev–Trinajstić information content (AvgIpc) is 2.19. The Hall–Kier alpha value is 0.460. The second kappa shape index (κ2) is 7.72. The van der Waals surface area contributed by atoms with Crippen molar-refractivity contribution in [3.8, 4) is 0 Å². The molecule has 0 fully saturated rings. The van der Waals surface area contributed by atoms with Crippen LogP contribution in [0.1, 0.15) is 27.7 Å². The van der Waals surface area contributed by atoms with Gasteiger partial charge in [-0.05, 0) is 27.7 Å². The van der Waals surface area contributed by atoms with Gasteiger partial charge < -0.3 is 0 Å². The highest BCUT2D eigenvalue weighted by Gasteiger charge is 2.65. The van der Waals surface area contributed by atoms with E-state index in [4.69, 9.17) is 18.1 Å². The van der Waals surface area contributed by atoms with Crippen molar-refractivity contribution in [1.29, 1.82) is 0 Å².